The second-order valence-corrected chi connectivity index (χ2v) is 7.67. The Hall–Kier alpha value is -3.35. The van der Waals surface area contributed by atoms with Gasteiger partial charge in [-0.25, -0.2) is 0 Å². The number of likely N-dealkylation sites (tertiary alicyclic amines) is 1. The van der Waals surface area contributed by atoms with Gasteiger partial charge < -0.3 is 28.6 Å². The standard InChI is InChI=1S/C24H25NO6/c1-27-21-13-16(14-22-24(21)31-12-11-30-22)4-7-23(26)25-8-2-3-18(25)17-5-6-19-20(15-17)29-10-9-28-19/h4-7,13-15,18H,2-3,8-12H2,1H3. The van der Waals surface area contributed by atoms with Crippen LogP contribution in [0.15, 0.2) is 36.4 Å². The molecule has 1 atom stereocenters. The molecule has 1 saturated heterocycles. The third kappa shape index (κ3) is 3.87. The molecular formula is C24H25NO6. The summed E-state index contributed by atoms with van der Waals surface area (Å²) in [5, 5.41) is 0. The second kappa shape index (κ2) is 8.41. The van der Waals surface area contributed by atoms with Crippen LogP contribution in [0.2, 0.25) is 0 Å². The van der Waals surface area contributed by atoms with Crippen LogP contribution >= 0.6 is 0 Å². The number of hydrogen-bond donors (Lipinski definition) is 0. The van der Waals surface area contributed by atoms with Gasteiger partial charge in [0.15, 0.2) is 23.0 Å². The molecule has 31 heavy (non-hydrogen) atoms. The summed E-state index contributed by atoms with van der Waals surface area (Å²) < 4.78 is 28.1. The monoisotopic (exact) mass is 423 g/mol. The van der Waals surface area contributed by atoms with E-state index in [2.05, 4.69) is 0 Å². The predicted molar refractivity (Wildman–Crippen MR) is 114 cm³/mol. The van der Waals surface area contributed by atoms with Crippen LogP contribution in [0.25, 0.3) is 6.08 Å². The van der Waals surface area contributed by atoms with E-state index < -0.39 is 0 Å². The second-order valence-electron chi connectivity index (χ2n) is 7.67. The van der Waals surface area contributed by atoms with Gasteiger partial charge in [0, 0.05) is 12.6 Å². The number of benzene rings is 2. The average molecular weight is 423 g/mol. The number of methoxy groups -OCH3 is 1. The van der Waals surface area contributed by atoms with Crippen LogP contribution in [-0.2, 0) is 4.79 Å². The number of fused-ring (bicyclic) bond motifs is 2. The Bertz CT molecular complexity index is 1000. The first-order valence-electron chi connectivity index (χ1n) is 10.6. The molecule has 0 spiro atoms. The lowest BCUT2D eigenvalue weighted by Gasteiger charge is -2.26. The third-order valence-corrected chi connectivity index (χ3v) is 5.76. The first kappa shape index (κ1) is 19.6. The Balaban J connectivity index is 1.34. The van der Waals surface area contributed by atoms with E-state index in [0.717, 1.165) is 42.0 Å². The fourth-order valence-corrected chi connectivity index (χ4v) is 4.30. The van der Waals surface area contributed by atoms with Crippen molar-refractivity contribution in [2.75, 3.05) is 40.1 Å². The molecule has 7 nitrogen and oxygen atoms in total. The van der Waals surface area contributed by atoms with Gasteiger partial charge in [-0.3, -0.25) is 4.79 Å². The molecule has 162 valence electrons. The molecule has 3 heterocycles. The summed E-state index contributed by atoms with van der Waals surface area (Å²) in [5.41, 5.74) is 1.90. The van der Waals surface area contributed by atoms with Gasteiger partial charge in [-0.15, -0.1) is 0 Å². The van der Waals surface area contributed by atoms with Gasteiger partial charge in [-0.2, -0.15) is 0 Å². The van der Waals surface area contributed by atoms with Crippen molar-refractivity contribution in [3.63, 3.8) is 0 Å². The fraction of sp³-hybridized carbons (Fsp3) is 0.375. The summed E-state index contributed by atoms with van der Waals surface area (Å²) in [6.07, 6.45) is 5.30. The molecular weight excluding hydrogens is 398 g/mol. The number of nitrogens with zero attached hydrogens (tertiary/aromatic N) is 1. The van der Waals surface area contributed by atoms with Crippen LogP contribution in [0.1, 0.15) is 30.0 Å². The summed E-state index contributed by atoms with van der Waals surface area (Å²) in [6.45, 7) is 2.83. The maximum atomic E-state index is 13.0. The van der Waals surface area contributed by atoms with Gasteiger partial charge in [0.25, 0.3) is 0 Å². The molecule has 7 heteroatoms. The highest BCUT2D eigenvalue weighted by Crippen LogP contribution is 2.41. The van der Waals surface area contributed by atoms with E-state index in [0.29, 0.717) is 43.7 Å². The maximum Gasteiger partial charge on any atom is 0.247 e. The largest absolute Gasteiger partial charge is 0.493 e. The van der Waals surface area contributed by atoms with Gasteiger partial charge in [0.1, 0.15) is 26.4 Å². The Morgan fingerprint density at radius 2 is 1.77 bits per heavy atom. The van der Waals surface area contributed by atoms with E-state index in [1.807, 2.05) is 35.2 Å². The highest BCUT2D eigenvalue weighted by molar-refractivity contribution is 5.92. The van der Waals surface area contributed by atoms with Crippen LogP contribution in [-0.4, -0.2) is 50.9 Å². The van der Waals surface area contributed by atoms with Crippen LogP contribution in [0, 0.1) is 0 Å². The summed E-state index contributed by atoms with van der Waals surface area (Å²) in [7, 11) is 1.59. The van der Waals surface area contributed by atoms with Crippen LogP contribution in [0.3, 0.4) is 0 Å². The number of rotatable bonds is 4. The van der Waals surface area contributed by atoms with Gasteiger partial charge in [0.05, 0.1) is 13.2 Å². The molecule has 0 N–H and O–H groups in total. The molecule has 0 bridgehead atoms. The number of ether oxygens (including phenoxy) is 5. The van der Waals surface area contributed by atoms with Crippen molar-refractivity contribution in [1.29, 1.82) is 0 Å². The van der Waals surface area contributed by atoms with E-state index in [1.165, 1.54) is 0 Å². The zero-order valence-corrected chi connectivity index (χ0v) is 17.5. The van der Waals surface area contributed by atoms with E-state index >= 15 is 0 Å². The molecule has 1 amide bonds. The van der Waals surface area contributed by atoms with Crippen molar-refractivity contribution < 1.29 is 28.5 Å². The molecule has 0 radical (unpaired) electrons. The summed E-state index contributed by atoms with van der Waals surface area (Å²) in [4.78, 5) is 14.9. The quantitative estimate of drug-likeness (QED) is 0.700. The van der Waals surface area contributed by atoms with Gasteiger partial charge in [0.2, 0.25) is 11.7 Å². The van der Waals surface area contributed by atoms with Crippen molar-refractivity contribution in [3.8, 4) is 28.7 Å². The third-order valence-electron chi connectivity index (χ3n) is 5.76. The first-order chi connectivity index (χ1) is 15.2. The van der Waals surface area contributed by atoms with E-state index in [9.17, 15) is 4.79 Å². The molecule has 0 saturated carbocycles. The topological polar surface area (TPSA) is 66.5 Å². The minimum Gasteiger partial charge on any atom is -0.493 e. The summed E-state index contributed by atoms with van der Waals surface area (Å²) in [6, 6.07) is 9.70. The van der Waals surface area contributed by atoms with Crippen molar-refractivity contribution in [3.05, 3.63) is 47.5 Å². The van der Waals surface area contributed by atoms with Crippen molar-refractivity contribution in [2.45, 2.75) is 18.9 Å². The molecule has 3 aliphatic rings. The fourth-order valence-electron chi connectivity index (χ4n) is 4.30. The molecule has 0 aromatic heterocycles. The van der Waals surface area contributed by atoms with Crippen molar-refractivity contribution in [1.82, 2.24) is 4.90 Å². The lowest BCUT2D eigenvalue weighted by molar-refractivity contribution is -0.126. The Morgan fingerprint density at radius 3 is 2.61 bits per heavy atom. The number of carbonyl (C=O) groups excluding carboxylic acids is 1. The smallest absolute Gasteiger partial charge is 0.247 e. The molecule has 2 aromatic carbocycles. The van der Waals surface area contributed by atoms with E-state index in [4.69, 9.17) is 23.7 Å². The lowest BCUT2D eigenvalue weighted by Crippen LogP contribution is -2.29. The van der Waals surface area contributed by atoms with Crippen LogP contribution < -0.4 is 23.7 Å². The minimum absolute atomic E-state index is 0.0220. The van der Waals surface area contributed by atoms with Crippen molar-refractivity contribution in [2.24, 2.45) is 0 Å². The van der Waals surface area contributed by atoms with Gasteiger partial charge in [-0.1, -0.05) is 6.07 Å². The zero-order chi connectivity index (χ0) is 21.2. The van der Waals surface area contributed by atoms with Gasteiger partial charge in [-0.05, 0) is 54.3 Å². The van der Waals surface area contributed by atoms with E-state index in [1.54, 1.807) is 19.3 Å². The maximum absolute atomic E-state index is 13.0. The molecule has 0 aliphatic carbocycles. The molecule has 5 rings (SSSR count). The summed E-state index contributed by atoms with van der Waals surface area (Å²) in [5.74, 6) is 3.33. The summed E-state index contributed by atoms with van der Waals surface area (Å²) >= 11 is 0. The SMILES string of the molecule is COc1cc(C=CC(=O)N2CCCC2c2ccc3c(c2)OCCO3)cc2c1OCCO2. The Morgan fingerprint density at radius 1 is 1.00 bits per heavy atom. The molecule has 1 fully saturated rings. The minimum atomic E-state index is -0.0220. The zero-order valence-electron chi connectivity index (χ0n) is 17.5. The number of amides is 1. The molecule has 2 aromatic rings. The normalized spacial score (nSPS) is 19.5. The number of hydrogen-bond acceptors (Lipinski definition) is 6. The Labute approximate surface area is 181 Å². The first-order valence-corrected chi connectivity index (χ1v) is 10.6. The lowest BCUT2D eigenvalue weighted by atomic mass is 10.0. The highest BCUT2D eigenvalue weighted by atomic mass is 16.6. The van der Waals surface area contributed by atoms with E-state index in [-0.39, 0.29) is 11.9 Å². The highest BCUT2D eigenvalue weighted by Gasteiger charge is 2.30. The van der Waals surface area contributed by atoms with Crippen molar-refractivity contribution >= 4 is 12.0 Å². The predicted octanol–water partition coefficient (Wildman–Crippen LogP) is 3.61. The van der Waals surface area contributed by atoms with Crippen LogP contribution in [0.4, 0.5) is 0 Å². The van der Waals surface area contributed by atoms with Crippen LogP contribution in [0.5, 0.6) is 28.7 Å². The molecule has 1 unspecified atom stereocenters. The molecule has 3 aliphatic heterocycles. The number of carbonyl (C=O) groups is 1. The van der Waals surface area contributed by atoms with Gasteiger partial charge >= 0.3 is 0 Å². The average Bonchev–Trinajstić information content (AvgIpc) is 3.32. The Kier molecular flexibility index (Phi) is 5.32.